The average molecular weight is 498 g/mol. The fourth-order valence-corrected chi connectivity index (χ4v) is 3.59. The van der Waals surface area contributed by atoms with Crippen LogP contribution in [0.2, 0.25) is 0 Å². The van der Waals surface area contributed by atoms with Gasteiger partial charge in [-0.2, -0.15) is 0 Å². The number of aliphatic hydroxyl groups is 2. The van der Waals surface area contributed by atoms with Gasteiger partial charge in [0.1, 0.15) is 0 Å². The van der Waals surface area contributed by atoms with Gasteiger partial charge in [-0.05, 0) is 12.0 Å². The summed E-state index contributed by atoms with van der Waals surface area (Å²) < 4.78 is 21.6. The maximum atomic E-state index is 12.5. The molecule has 1 atom stereocenters. The molecule has 0 fully saturated rings. The maximum absolute atomic E-state index is 12.5. The van der Waals surface area contributed by atoms with Gasteiger partial charge in [-0.25, -0.2) is 0 Å². The van der Waals surface area contributed by atoms with E-state index in [-0.39, 0.29) is 25.5 Å². The summed E-state index contributed by atoms with van der Waals surface area (Å²) in [5.41, 5.74) is -0.553. The highest BCUT2D eigenvalue weighted by atomic mass is 16.6. The zero-order valence-electron chi connectivity index (χ0n) is 21.6. The monoisotopic (exact) mass is 497 g/mol. The van der Waals surface area contributed by atoms with Crippen molar-refractivity contribution in [2.45, 2.75) is 70.4 Å². The lowest BCUT2D eigenvalue weighted by Gasteiger charge is -2.29. The van der Waals surface area contributed by atoms with Crippen molar-refractivity contribution in [1.82, 2.24) is 5.32 Å². The Morgan fingerprint density at radius 3 is 1.94 bits per heavy atom. The molecule has 0 aliphatic carbocycles. The van der Waals surface area contributed by atoms with E-state index in [1.165, 1.54) is 25.7 Å². The quantitative estimate of drug-likeness (QED) is 0.149. The lowest BCUT2D eigenvalue weighted by Crippen LogP contribution is -2.53. The van der Waals surface area contributed by atoms with Crippen LogP contribution in [0.15, 0.2) is 30.3 Å². The van der Waals surface area contributed by atoms with Crippen molar-refractivity contribution in [1.29, 1.82) is 0 Å². The van der Waals surface area contributed by atoms with Crippen LogP contribution in [0, 0.1) is 0 Å². The summed E-state index contributed by atoms with van der Waals surface area (Å²) in [5, 5.41) is 22.6. The first-order valence-electron chi connectivity index (χ1n) is 13.1. The van der Waals surface area contributed by atoms with E-state index in [9.17, 15) is 9.90 Å². The van der Waals surface area contributed by atoms with Gasteiger partial charge >= 0.3 is 0 Å². The number of benzene rings is 1. The molecular weight excluding hydrogens is 450 g/mol. The van der Waals surface area contributed by atoms with E-state index in [0.717, 1.165) is 24.8 Å². The summed E-state index contributed by atoms with van der Waals surface area (Å²) in [5.74, 6) is -0.156. The minimum absolute atomic E-state index is 0.00641. The average Bonchev–Trinajstić information content (AvgIpc) is 2.84. The van der Waals surface area contributed by atoms with Crippen LogP contribution >= 0.6 is 0 Å². The molecule has 8 heteroatoms. The van der Waals surface area contributed by atoms with Crippen LogP contribution in [0.5, 0.6) is 0 Å². The molecule has 0 spiro atoms. The second-order valence-corrected chi connectivity index (χ2v) is 8.73. The lowest BCUT2D eigenvalue weighted by atomic mass is 10.0. The molecule has 1 unspecified atom stereocenters. The van der Waals surface area contributed by atoms with Crippen LogP contribution in [0.1, 0.15) is 63.9 Å². The number of unbranched alkanes of at least 4 members (excludes halogenated alkanes) is 6. The number of rotatable bonds is 24. The van der Waals surface area contributed by atoms with E-state index in [0.29, 0.717) is 52.7 Å². The minimum Gasteiger partial charge on any atom is -0.394 e. The summed E-state index contributed by atoms with van der Waals surface area (Å²) in [4.78, 5) is 12.5. The van der Waals surface area contributed by atoms with Crippen LogP contribution in [0.25, 0.3) is 0 Å². The molecule has 35 heavy (non-hydrogen) atoms. The Morgan fingerprint density at radius 1 is 0.800 bits per heavy atom. The number of amides is 1. The van der Waals surface area contributed by atoms with Crippen molar-refractivity contribution in [3.8, 4) is 0 Å². The van der Waals surface area contributed by atoms with Crippen molar-refractivity contribution in [3.63, 3.8) is 0 Å². The number of hydrogen-bond donors (Lipinski definition) is 3. The Morgan fingerprint density at radius 2 is 1.34 bits per heavy atom. The third kappa shape index (κ3) is 18.4. The van der Waals surface area contributed by atoms with Gasteiger partial charge in [-0.15, -0.1) is 0 Å². The lowest BCUT2D eigenvalue weighted by molar-refractivity contribution is -0.135. The fraction of sp³-hybridized carbons (Fsp3) is 0.741. The predicted molar refractivity (Wildman–Crippen MR) is 136 cm³/mol. The maximum Gasteiger partial charge on any atom is 0.222 e. The third-order valence-electron chi connectivity index (χ3n) is 5.41. The molecule has 3 N–H and O–H groups in total. The van der Waals surface area contributed by atoms with Gasteiger partial charge < -0.3 is 34.5 Å². The Hall–Kier alpha value is -1.55. The molecule has 1 rings (SSSR count). The summed E-state index contributed by atoms with van der Waals surface area (Å²) in [6, 6.07) is 9.58. The Kier molecular flexibility index (Phi) is 19.5. The Balaban J connectivity index is 2.29. The number of nitrogens with one attached hydrogen (secondary N) is 1. The van der Waals surface area contributed by atoms with Gasteiger partial charge in [0, 0.05) is 12.8 Å². The van der Waals surface area contributed by atoms with Crippen molar-refractivity contribution in [2.24, 2.45) is 0 Å². The minimum atomic E-state index is -1.47. The molecule has 0 aliphatic rings. The van der Waals surface area contributed by atoms with Crippen LogP contribution < -0.4 is 5.32 Å². The molecule has 0 saturated heterocycles. The van der Waals surface area contributed by atoms with Gasteiger partial charge in [0.2, 0.25) is 5.91 Å². The van der Waals surface area contributed by atoms with Gasteiger partial charge in [0.15, 0.2) is 5.72 Å². The van der Waals surface area contributed by atoms with E-state index in [1.54, 1.807) is 0 Å². The van der Waals surface area contributed by atoms with Crippen molar-refractivity contribution < 1.29 is 34.0 Å². The molecule has 1 amide bonds. The highest BCUT2D eigenvalue weighted by Gasteiger charge is 2.29. The molecule has 1 aromatic carbocycles. The van der Waals surface area contributed by atoms with E-state index in [4.69, 9.17) is 24.1 Å². The molecule has 1 aromatic rings. The van der Waals surface area contributed by atoms with Crippen molar-refractivity contribution in [3.05, 3.63) is 35.9 Å². The number of carbonyl (C=O) groups is 1. The SMILES string of the molecule is CCCCCCCCCC(=O)NC(O)(COCCOCCOCCOCCO)Cc1ccccc1. The molecular formula is C27H47NO7. The second-order valence-electron chi connectivity index (χ2n) is 8.73. The first-order valence-corrected chi connectivity index (χ1v) is 13.1. The van der Waals surface area contributed by atoms with Gasteiger partial charge in [-0.1, -0.05) is 75.8 Å². The van der Waals surface area contributed by atoms with E-state index < -0.39 is 5.72 Å². The summed E-state index contributed by atoms with van der Waals surface area (Å²) in [6.07, 6.45) is 8.64. The summed E-state index contributed by atoms with van der Waals surface area (Å²) >= 11 is 0. The van der Waals surface area contributed by atoms with Crippen LogP contribution in [0.4, 0.5) is 0 Å². The molecule has 0 radical (unpaired) electrons. The first-order chi connectivity index (χ1) is 17.1. The van der Waals surface area contributed by atoms with Gasteiger partial charge in [0.25, 0.3) is 0 Å². The highest BCUT2D eigenvalue weighted by Crippen LogP contribution is 2.14. The molecule has 202 valence electrons. The molecule has 0 saturated carbocycles. The number of carbonyl (C=O) groups excluding carboxylic acids is 1. The van der Waals surface area contributed by atoms with E-state index in [1.807, 2.05) is 30.3 Å². The van der Waals surface area contributed by atoms with Gasteiger partial charge in [0.05, 0.1) is 59.5 Å². The fourth-order valence-electron chi connectivity index (χ4n) is 3.59. The molecule has 0 aliphatic heterocycles. The number of aliphatic hydroxyl groups excluding tert-OH is 1. The third-order valence-corrected chi connectivity index (χ3v) is 5.41. The smallest absolute Gasteiger partial charge is 0.222 e. The Labute approximate surface area is 211 Å². The molecule has 0 heterocycles. The van der Waals surface area contributed by atoms with Crippen molar-refractivity contribution >= 4 is 5.91 Å². The first kappa shape index (κ1) is 31.5. The van der Waals surface area contributed by atoms with Gasteiger partial charge in [-0.3, -0.25) is 4.79 Å². The summed E-state index contributed by atoms with van der Waals surface area (Å²) in [6.45, 7) is 4.91. The normalized spacial score (nSPS) is 13.0. The highest BCUT2D eigenvalue weighted by molar-refractivity contribution is 5.76. The van der Waals surface area contributed by atoms with Crippen molar-refractivity contribution in [2.75, 3.05) is 59.5 Å². The summed E-state index contributed by atoms with van der Waals surface area (Å²) in [7, 11) is 0. The Bertz CT molecular complexity index is 617. The number of ether oxygens (including phenoxy) is 4. The van der Waals surface area contributed by atoms with Crippen LogP contribution in [-0.4, -0.2) is 81.3 Å². The largest absolute Gasteiger partial charge is 0.394 e. The van der Waals surface area contributed by atoms with Crippen LogP contribution in [0.3, 0.4) is 0 Å². The van der Waals surface area contributed by atoms with Crippen LogP contribution in [-0.2, 0) is 30.2 Å². The number of hydrogen-bond acceptors (Lipinski definition) is 7. The molecule has 0 aromatic heterocycles. The topological polar surface area (TPSA) is 106 Å². The molecule has 0 bridgehead atoms. The zero-order chi connectivity index (χ0) is 25.5. The second kappa shape index (κ2) is 21.7. The molecule has 8 nitrogen and oxygen atoms in total. The standard InChI is InChI=1S/C27H47NO7/c1-2-3-4-5-6-7-11-14-26(30)28-27(31,23-25-12-9-8-10-13-25)24-35-22-21-34-20-19-33-18-17-32-16-15-29/h8-10,12-13,29,31H,2-7,11,14-24H2,1H3,(H,28,30). The predicted octanol–water partition coefficient (Wildman–Crippen LogP) is 3.23. The van der Waals surface area contributed by atoms with E-state index >= 15 is 0 Å². The zero-order valence-corrected chi connectivity index (χ0v) is 21.6. The van der Waals surface area contributed by atoms with E-state index in [2.05, 4.69) is 12.2 Å².